The number of hydrogen-bond acceptors (Lipinski definition) is 4. The van der Waals surface area contributed by atoms with E-state index in [2.05, 4.69) is 5.32 Å². The first-order chi connectivity index (χ1) is 9.54. The van der Waals surface area contributed by atoms with Crippen molar-refractivity contribution >= 4 is 11.9 Å². The second-order valence-corrected chi connectivity index (χ2v) is 6.22. The van der Waals surface area contributed by atoms with Crippen molar-refractivity contribution in [3.63, 3.8) is 0 Å². The van der Waals surface area contributed by atoms with Crippen molar-refractivity contribution in [2.75, 3.05) is 13.7 Å². The van der Waals surface area contributed by atoms with Crippen molar-refractivity contribution in [1.29, 1.82) is 0 Å². The van der Waals surface area contributed by atoms with E-state index in [1.54, 1.807) is 0 Å². The van der Waals surface area contributed by atoms with E-state index in [9.17, 15) is 14.7 Å². The highest BCUT2D eigenvalue weighted by Crippen LogP contribution is 2.32. The van der Waals surface area contributed by atoms with Crippen LogP contribution in [0, 0.1) is 11.8 Å². The molecule has 0 aromatic rings. The van der Waals surface area contributed by atoms with Crippen LogP contribution in [0.25, 0.3) is 0 Å². The van der Waals surface area contributed by atoms with Crippen LogP contribution in [0.15, 0.2) is 0 Å². The van der Waals surface area contributed by atoms with Gasteiger partial charge >= 0.3 is 5.97 Å². The minimum atomic E-state index is -0.862. The molecule has 5 heteroatoms. The molecule has 2 rings (SSSR count). The standard InChI is InChI=1S/C15H25NO4/c1-20-14(18)12-6-8-15(19,9-7-12)10-16-13(17)11-4-2-3-5-11/h11-12,19H,2-10H2,1H3,(H,16,17). The molecular formula is C15H25NO4. The van der Waals surface area contributed by atoms with Crippen LogP contribution in [-0.4, -0.2) is 36.2 Å². The number of methoxy groups -OCH3 is 1. The zero-order valence-corrected chi connectivity index (χ0v) is 12.2. The SMILES string of the molecule is COC(=O)C1CCC(O)(CNC(=O)C2CCCC2)CC1. The summed E-state index contributed by atoms with van der Waals surface area (Å²) in [7, 11) is 1.39. The molecule has 0 unspecified atom stereocenters. The summed E-state index contributed by atoms with van der Waals surface area (Å²) < 4.78 is 4.73. The molecule has 2 fully saturated rings. The monoisotopic (exact) mass is 283 g/mol. The van der Waals surface area contributed by atoms with Crippen molar-refractivity contribution in [1.82, 2.24) is 5.32 Å². The summed E-state index contributed by atoms with van der Waals surface area (Å²) in [6, 6.07) is 0. The summed E-state index contributed by atoms with van der Waals surface area (Å²) >= 11 is 0. The first-order valence-electron chi connectivity index (χ1n) is 7.62. The van der Waals surface area contributed by atoms with Crippen molar-refractivity contribution in [3.05, 3.63) is 0 Å². The van der Waals surface area contributed by atoms with Crippen LogP contribution in [0.3, 0.4) is 0 Å². The maximum absolute atomic E-state index is 12.0. The lowest BCUT2D eigenvalue weighted by Gasteiger charge is -2.35. The third-order valence-corrected chi connectivity index (χ3v) is 4.77. The van der Waals surface area contributed by atoms with Gasteiger partial charge < -0.3 is 15.2 Å². The number of nitrogens with one attached hydrogen (secondary N) is 1. The number of hydrogen-bond donors (Lipinski definition) is 2. The van der Waals surface area contributed by atoms with Gasteiger partial charge in [0.1, 0.15) is 0 Å². The Balaban J connectivity index is 1.75. The van der Waals surface area contributed by atoms with Gasteiger partial charge in [-0.25, -0.2) is 0 Å². The third kappa shape index (κ3) is 3.72. The van der Waals surface area contributed by atoms with Crippen LogP contribution >= 0.6 is 0 Å². The highest BCUT2D eigenvalue weighted by atomic mass is 16.5. The normalized spacial score (nSPS) is 31.0. The number of carbonyl (C=O) groups is 2. The fourth-order valence-corrected chi connectivity index (χ4v) is 3.32. The van der Waals surface area contributed by atoms with Crippen LogP contribution < -0.4 is 5.32 Å². The van der Waals surface area contributed by atoms with Gasteiger partial charge in [-0.1, -0.05) is 12.8 Å². The maximum Gasteiger partial charge on any atom is 0.308 e. The van der Waals surface area contributed by atoms with Gasteiger partial charge in [-0.2, -0.15) is 0 Å². The first-order valence-corrected chi connectivity index (χ1v) is 7.62. The van der Waals surface area contributed by atoms with E-state index in [0.717, 1.165) is 25.7 Å². The second kappa shape index (κ2) is 6.57. The van der Waals surface area contributed by atoms with Crippen molar-refractivity contribution in [2.45, 2.75) is 57.0 Å². The minimum absolute atomic E-state index is 0.0750. The smallest absolute Gasteiger partial charge is 0.308 e. The molecule has 0 saturated heterocycles. The van der Waals surface area contributed by atoms with Crippen molar-refractivity contribution in [3.8, 4) is 0 Å². The number of aliphatic hydroxyl groups is 1. The van der Waals surface area contributed by atoms with E-state index >= 15 is 0 Å². The van der Waals surface area contributed by atoms with Crippen LogP contribution in [-0.2, 0) is 14.3 Å². The van der Waals surface area contributed by atoms with Crippen LogP contribution in [0.5, 0.6) is 0 Å². The van der Waals surface area contributed by atoms with Crippen molar-refractivity contribution < 1.29 is 19.4 Å². The molecule has 1 amide bonds. The lowest BCUT2D eigenvalue weighted by atomic mass is 9.78. The molecule has 0 aromatic carbocycles. The fourth-order valence-electron chi connectivity index (χ4n) is 3.32. The quantitative estimate of drug-likeness (QED) is 0.764. The molecule has 2 saturated carbocycles. The molecule has 5 nitrogen and oxygen atoms in total. The van der Waals surface area contributed by atoms with Gasteiger partial charge in [0.2, 0.25) is 5.91 Å². The molecule has 20 heavy (non-hydrogen) atoms. The second-order valence-electron chi connectivity index (χ2n) is 6.22. The summed E-state index contributed by atoms with van der Waals surface area (Å²) in [6.07, 6.45) is 6.52. The Kier molecular flexibility index (Phi) is 5.02. The number of carbonyl (C=O) groups excluding carboxylic acids is 2. The average molecular weight is 283 g/mol. The molecular weight excluding hydrogens is 258 g/mol. The van der Waals surface area contributed by atoms with Gasteiger partial charge in [-0.3, -0.25) is 9.59 Å². The molecule has 2 aliphatic carbocycles. The Morgan fingerprint density at radius 2 is 1.75 bits per heavy atom. The highest BCUT2D eigenvalue weighted by molar-refractivity contribution is 5.79. The lowest BCUT2D eigenvalue weighted by Crippen LogP contribution is -2.47. The van der Waals surface area contributed by atoms with Gasteiger partial charge in [0.25, 0.3) is 0 Å². The Morgan fingerprint density at radius 1 is 1.15 bits per heavy atom. The predicted molar refractivity (Wildman–Crippen MR) is 73.9 cm³/mol. The Bertz CT molecular complexity index is 355. The lowest BCUT2D eigenvalue weighted by molar-refractivity contribution is -0.148. The molecule has 114 valence electrons. The van der Waals surface area contributed by atoms with Crippen LogP contribution in [0.2, 0.25) is 0 Å². The van der Waals surface area contributed by atoms with Gasteiger partial charge in [0.15, 0.2) is 0 Å². The van der Waals surface area contributed by atoms with E-state index in [1.165, 1.54) is 7.11 Å². The maximum atomic E-state index is 12.0. The van der Waals surface area contributed by atoms with E-state index in [-0.39, 0.29) is 23.7 Å². The summed E-state index contributed by atoms with van der Waals surface area (Å²) in [5, 5.41) is 13.4. The number of amides is 1. The Hall–Kier alpha value is -1.10. The fraction of sp³-hybridized carbons (Fsp3) is 0.867. The van der Waals surface area contributed by atoms with E-state index in [1.807, 2.05) is 0 Å². The van der Waals surface area contributed by atoms with Gasteiger partial charge in [-0.05, 0) is 38.5 Å². The molecule has 0 atom stereocenters. The zero-order chi connectivity index (χ0) is 14.6. The number of ether oxygens (including phenoxy) is 1. The van der Waals surface area contributed by atoms with E-state index in [4.69, 9.17) is 4.74 Å². The molecule has 0 radical (unpaired) electrons. The number of esters is 1. The molecule has 0 spiro atoms. The number of rotatable bonds is 4. The molecule has 2 N–H and O–H groups in total. The van der Waals surface area contributed by atoms with Gasteiger partial charge in [0.05, 0.1) is 18.6 Å². The first kappa shape index (κ1) is 15.3. The Morgan fingerprint density at radius 3 is 2.30 bits per heavy atom. The molecule has 0 bridgehead atoms. The predicted octanol–water partition coefficient (Wildman–Crippen LogP) is 1.39. The van der Waals surface area contributed by atoms with Gasteiger partial charge in [0, 0.05) is 12.5 Å². The molecule has 0 heterocycles. The van der Waals surface area contributed by atoms with Crippen LogP contribution in [0.1, 0.15) is 51.4 Å². The summed E-state index contributed by atoms with van der Waals surface area (Å²) in [4.78, 5) is 23.4. The summed E-state index contributed by atoms with van der Waals surface area (Å²) in [5.41, 5.74) is -0.862. The zero-order valence-electron chi connectivity index (χ0n) is 12.2. The Labute approximate surface area is 120 Å². The summed E-state index contributed by atoms with van der Waals surface area (Å²) in [5.74, 6) is -0.0936. The third-order valence-electron chi connectivity index (χ3n) is 4.77. The molecule has 0 aromatic heterocycles. The largest absolute Gasteiger partial charge is 0.469 e. The molecule has 0 aliphatic heterocycles. The average Bonchev–Trinajstić information content (AvgIpc) is 2.99. The minimum Gasteiger partial charge on any atom is -0.469 e. The van der Waals surface area contributed by atoms with Crippen molar-refractivity contribution in [2.24, 2.45) is 11.8 Å². The van der Waals surface area contributed by atoms with E-state index in [0.29, 0.717) is 32.2 Å². The molecule has 2 aliphatic rings. The topological polar surface area (TPSA) is 75.6 Å². The van der Waals surface area contributed by atoms with E-state index < -0.39 is 5.60 Å². The summed E-state index contributed by atoms with van der Waals surface area (Å²) in [6.45, 7) is 0.302. The highest BCUT2D eigenvalue weighted by Gasteiger charge is 2.37. The van der Waals surface area contributed by atoms with Gasteiger partial charge in [-0.15, -0.1) is 0 Å². The van der Waals surface area contributed by atoms with Crippen LogP contribution in [0.4, 0.5) is 0 Å².